The van der Waals surface area contributed by atoms with E-state index in [0.29, 0.717) is 0 Å². The van der Waals surface area contributed by atoms with Crippen LogP contribution in [0.1, 0.15) is 18.3 Å². The normalized spacial score (nSPS) is 17.3. The van der Waals surface area contributed by atoms with Crippen LogP contribution >= 0.6 is 11.5 Å². The van der Waals surface area contributed by atoms with Crippen LogP contribution in [-0.4, -0.2) is 66.5 Å². The molecular formula is C21H29N7S. The van der Waals surface area contributed by atoms with Crippen molar-refractivity contribution in [3.8, 4) is 0 Å². The van der Waals surface area contributed by atoms with Crippen LogP contribution in [0.3, 0.4) is 0 Å². The van der Waals surface area contributed by atoms with Crippen molar-refractivity contribution in [1.82, 2.24) is 19.6 Å². The van der Waals surface area contributed by atoms with Crippen molar-refractivity contribution in [2.45, 2.75) is 19.9 Å². The fourth-order valence-electron chi connectivity index (χ4n) is 3.69. The second-order valence-electron chi connectivity index (χ2n) is 7.27. The van der Waals surface area contributed by atoms with Crippen LogP contribution in [0.25, 0.3) is 0 Å². The zero-order valence-electron chi connectivity index (χ0n) is 17.2. The Balaban J connectivity index is 1.30. The average molecular weight is 412 g/mol. The van der Waals surface area contributed by atoms with Crippen molar-refractivity contribution in [1.29, 1.82) is 0 Å². The molecule has 0 amide bonds. The molecule has 1 saturated heterocycles. The van der Waals surface area contributed by atoms with E-state index in [0.717, 1.165) is 69.1 Å². The van der Waals surface area contributed by atoms with Crippen molar-refractivity contribution >= 4 is 28.3 Å². The molecule has 1 aromatic carbocycles. The van der Waals surface area contributed by atoms with Gasteiger partial charge in [-0.2, -0.15) is 4.37 Å². The number of aliphatic imine (C=N–C) groups is 1. The van der Waals surface area contributed by atoms with Gasteiger partial charge in [-0.15, -0.1) is 0 Å². The predicted molar refractivity (Wildman–Crippen MR) is 121 cm³/mol. The van der Waals surface area contributed by atoms with E-state index in [1.54, 1.807) is 0 Å². The largest absolute Gasteiger partial charge is 0.364 e. The van der Waals surface area contributed by atoms with E-state index in [-0.39, 0.29) is 0 Å². The van der Waals surface area contributed by atoms with E-state index < -0.39 is 0 Å². The van der Waals surface area contributed by atoms with Crippen LogP contribution in [-0.2, 0) is 13.0 Å². The number of aromatic nitrogens is 2. The molecule has 0 spiro atoms. The maximum absolute atomic E-state index is 4.62. The summed E-state index contributed by atoms with van der Waals surface area (Å²) in [6.45, 7) is 8.61. The smallest absolute Gasteiger partial charge is 0.205 e. The molecule has 0 radical (unpaired) electrons. The van der Waals surface area contributed by atoms with Gasteiger partial charge in [0.1, 0.15) is 5.82 Å². The van der Waals surface area contributed by atoms with Gasteiger partial charge in [0.2, 0.25) is 5.13 Å². The fraction of sp³-hybridized carbons (Fsp3) is 0.476. The minimum Gasteiger partial charge on any atom is -0.364 e. The first kappa shape index (κ1) is 19.7. The second kappa shape index (κ2) is 9.26. The summed E-state index contributed by atoms with van der Waals surface area (Å²) in [4.78, 5) is 16.2. The van der Waals surface area contributed by atoms with Gasteiger partial charge in [0, 0.05) is 76.5 Å². The first-order valence-electron chi connectivity index (χ1n) is 10.3. The van der Waals surface area contributed by atoms with Crippen molar-refractivity contribution in [2.75, 3.05) is 56.1 Å². The summed E-state index contributed by atoms with van der Waals surface area (Å²) in [6.07, 6.45) is 5.33. The maximum Gasteiger partial charge on any atom is 0.205 e. The summed E-state index contributed by atoms with van der Waals surface area (Å²) in [5, 5.41) is 4.58. The van der Waals surface area contributed by atoms with Gasteiger partial charge in [-0.05, 0) is 17.7 Å². The lowest BCUT2D eigenvalue weighted by molar-refractivity contribution is 0.372. The van der Waals surface area contributed by atoms with Crippen molar-refractivity contribution < 1.29 is 0 Å². The predicted octanol–water partition coefficient (Wildman–Crippen LogP) is 2.37. The topological polar surface area (TPSA) is 59.9 Å². The number of benzene rings is 1. The Bertz CT molecular complexity index is 859. The molecule has 1 N–H and O–H groups in total. The summed E-state index contributed by atoms with van der Waals surface area (Å²) in [6, 6.07) is 8.76. The molecule has 0 unspecified atom stereocenters. The van der Waals surface area contributed by atoms with Gasteiger partial charge < -0.3 is 20.0 Å². The quantitative estimate of drug-likeness (QED) is 0.463. The lowest BCUT2D eigenvalue weighted by atomic mass is 10.2. The standard InChI is InChI=1S/C21H29N7S/c1-3-19-24-21(29-25-19)28-13-11-27(12-14-28)20(22-2)23-16-17-7-6-8-18(15-17)26-9-4-5-10-26/h4-8,15H,3,9-14,16H2,1-2H3,(H,22,23). The highest BCUT2D eigenvalue weighted by Gasteiger charge is 2.22. The number of aryl methyl sites for hydroxylation is 1. The van der Waals surface area contributed by atoms with E-state index in [4.69, 9.17) is 0 Å². The summed E-state index contributed by atoms with van der Waals surface area (Å²) in [7, 11) is 1.86. The number of rotatable bonds is 5. The zero-order valence-corrected chi connectivity index (χ0v) is 18.0. The Labute approximate surface area is 176 Å². The number of hydrogen-bond acceptors (Lipinski definition) is 6. The van der Waals surface area contributed by atoms with E-state index in [1.807, 2.05) is 7.05 Å². The van der Waals surface area contributed by atoms with Gasteiger partial charge in [0.15, 0.2) is 5.96 Å². The van der Waals surface area contributed by atoms with Gasteiger partial charge in [-0.3, -0.25) is 4.99 Å². The molecule has 0 bridgehead atoms. The number of anilines is 2. The Hall–Kier alpha value is -2.61. The average Bonchev–Trinajstić information content (AvgIpc) is 3.47. The van der Waals surface area contributed by atoms with Crippen LogP contribution in [0.5, 0.6) is 0 Å². The molecular weight excluding hydrogens is 382 g/mol. The third-order valence-corrected chi connectivity index (χ3v) is 6.19. The van der Waals surface area contributed by atoms with Crippen LogP contribution in [0.15, 0.2) is 41.4 Å². The summed E-state index contributed by atoms with van der Waals surface area (Å²) >= 11 is 1.51. The summed E-state index contributed by atoms with van der Waals surface area (Å²) in [5.74, 6) is 1.90. The molecule has 2 aliphatic heterocycles. The molecule has 29 heavy (non-hydrogen) atoms. The first-order chi connectivity index (χ1) is 14.3. The SMILES string of the molecule is CCc1nsc(N2CCN(C(=NC)NCc3cccc(N4CC=CC4)c3)CC2)n1. The monoisotopic (exact) mass is 411 g/mol. The molecule has 8 heteroatoms. The van der Waals surface area contributed by atoms with Crippen molar-refractivity contribution in [3.63, 3.8) is 0 Å². The second-order valence-corrected chi connectivity index (χ2v) is 8.00. The Kier molecular flexibility index (Phi) is 6.29. The molecule has 0 aliphatic carbocycles. The van der Waals surface area contributed by atoms with Crippen molar-refractivity contribution in [3.05, 3.63) is 47.8 Å². The molecule has 0 saturated carbocycles. The van der Waals surface area contributed by atoms with E-state index in [1.165, 1.54) is 22.8 Å². The zero-order chi connectivity index (χ0) is 20.1. The highest BCUT2D eigenvalue weighted by molar-refractivity contribution is 7.09. The lowest BCUT2D eigenvalue weighted by Gasteiger charge is -2.36. The molecule has 4 rings (SSSR count). The number of nitrogens with one attached hydrogen (secondary N) is 1. The maximum atomic E-state index is 4.62. The lowest BCUT2D eigenvalue weighted by Crippen LogP contribution is -2.52. The summed E-state index contributed by atoms with van der Waals surface area (Å²) in [5.41, 5.74) is 2.55. The molecule has 3 heterocycles. The fourth-order valence-corrected chi connectivity index (χ4v) is 4.49. The Morgan fingerprint density at radius 3 is 2.62 bits per heavy atom. The van der Waals surface area contributed by atoms with Gasteiger partial charge in [-0.1, -0.05) is 31.2 Å². The van der Waals surface area contributed by atoms with Crippen LogP contribution in [0, 0.1) is 0 Å². The van der Waals surface area contributed by atoms with Gasteiger partial charge in [-0.25, -0.2) is 4.98 Å². The molecule has 1 fully saturated rings. The highest BCUT2D eigenvalue weighted by atomic mass is 32.1. The number of piperazine rings is 1. The molecule has 7 nitrogen and oxygen atoms in total. The van der Waals surface area contributed by atoms with Crippen LogP contribution in [0.4, 0.5) is 10.8 Å². The Morgan fingerprint density at radius 2 is 1.93 bits per heavy atom. The minimum absolute atomic E-state index is 0.776. The minimum atomic E-state index is 0.776. The van der Waals surface area contributed by atoms with Gasteiger partial charge >= 0.3 is 0 Å². The number of guanidine groups is 1. The van der Waals surface area contributed by atoms with Crippen LogP contribution < -0.4 is 15.1 Å². The highest BCUT2D eigenvalue weighted by Crippen LogP contribution is 2.20. The number of nitrogens with zero attached hydrogens (tertiary/aromatic N) is 6. The van der Waals surface area contributed by atoms with E-state index in [9.17, 15) is 0 Å². The Morgan fingerprint density at radius 1 is 1.14 bits per heavy atom. The van der Waals surface area contributed by atoms with Gasteiger partial charge in [0.05, 0.1) is 0 Å². The molecule has 2 aromatic rings. The molecule has 2 aliphatic rings. The third kappa shape index (κ3) is 4.70. The van der Waals surface area contributed by atoms with Crippen LogP contribution in [0.2, 0.25) is 0 Å². The van der Waals surface area contributed by atoms with E-state index in [2.05, 4.69) is 77.7 Å². The third-order valence-electron chi connectivity index (χ3n) is 5.38. The molecule has 154 valence electrons. The molecule has 0 atom stereocenters. The summed E-state index contributed by atoms with van der Waals surface area (Å²) < 4.78 is 4.41. The van der Waals surface area contributed by atoms with Crippen molar-refractivity contribution in [2.24, 2.45) is 4.99 Å². The molecule has 1 aromatic heterocycles. The first-order valence-corrected chi connectivity index (χ1v) is 11.1. The van der Waals surface area contributed by atoms with Gasteiger partial charge in [0.25, 0.3) is 0 Å². The van der Waals surface area contributed by atoms with E-state index >= 15 is 0 Å². The number of hydrogen-bond donors (Lipinski definition) is 1.